The summed E-state index contributed by atoms with van der Waals surface area (Å²) >= 11 is 1.37. The molecule has 1 N–H and O–H groups in total. The number of carbonyl (C=O) groups is 2. The van der Waals surface area contributed by atoms with Gasteiger partial charge in [0, 0.05) is 11.5 Å². The molecule has 6 heteroatoms. The second-order valence-electron chi connectivity index (χ2n) is 5.43. The molecule has 1 aliphatic heterocycles. The number of benzene rings is 1. The average Bonchev–Trinajstić information content (AvgIpc) is 3.26. The van der Waals surface area contributed by atoms with E-state index in [-0.39, 0.29) is 12.5 Å². The van der Waals surface area contributed by atoms with E-state index in [1.165, 1.54) is 11.3 Å². The van der Waals surface area contributed by atoms with Crippen LogP contribution in [0.15, 0.2) is 36.4 Å². The normalized spacial score (nSPS) is 16.8. The van der Waals surface area contributed by atoms with Gasteiger partial charge in [-0.2, -0.15) is 0 Å². The highest BCUT2D eigenvalue weighted by molar-refractivity contribution is 7.20. The molecule has 24 heavy (non-hydrogen) atoms. The molecule has 1 aromatic carbocycles. The van der Waals surface area contributed by atoms with Crippen molar-refractivity contribution in [3.8, 4) is 10.4 Å². The van der Waals surface area contributed by atoms with Crippen molar-refractivity contribution in [3.63, 3.8) is 0 Å². The van der Waals surface area contributed by atoms with Crippen molar-refractivity contribution < 1.29 is 19.1 Å². The van der Waals surface area contributed by atoms with Crippen LogP contribution in [0.2, 0.25) is 0 Å². The Labute approximate surface area is 144 Å². The molecular weight excluding hydrogens is 326 g/mol. The van der Waals surface area contributed by atoms with Gasteiger partial charge in [-0.05, 0) is 31.4 Å². The highest BCUT2D eigenvalue weighted by Crippen LogP contribution is 2.36. The topological polar surface area (TPSA) is 64.6 Å². The molecule has 126 valence electrons. The third-order valence-electron chi connectivity index (χ3n) is 3.74. The SMILES string of the molecule is CCOC(=O)c1cc(-c2ccccc2)sc1NC(=O)[C@@H]1CCCO1. The van der Waals surface area contributed by atoms with Crippen LogP contribution < -0.4 is 5.32 Å². The number of anilines is 1. The molecular formula is C18H19NO4S. The van der Waals surface area contributed by atoms with Gasteiger partial charge in [-0.3, -0.25) is 4.79 Å². The van der Waals surface area contributed by atoms with Crippen LogP contribution in [0, 0.1) is 0 Å². The van der Waals surface area contributed by atoms with E-state index in [9.17, 15) is 9.59 Å². The van der Waals surface area contributed by atoms with E-state index in [0.717, 1.165) is 16.9 Å². The molecule has 2 aromatic rings. The van der Waals surface area contributed by atoms with Gasteiger partial charge in [0.2, 0.25) is 0 Å². The van der Waals surface area contributed by atoms with E-state index in [2.05, 4.69) is 5.32 Å². The second-order valence-corrected chi connectivity index (χ2v) is 6.48. The smallest absolute Gasteiger partial charge is 0.341 e. The maximum absolute atomic E-state index is 12.3. The standard InChI is InChI=1S/C18H19NO4S/c1-2-22-18(21)13-11-15(12-7-4-3-5-8-12)24-17(13)19-16(20)14-9-6-10-23-14/h3-5,7-8,11,14H,2,6,9-10H2,1H3,(H,19,20)/t14-/m0/s1. The second kappa shape index (κ2) is 7.59. The Kier molecular flexibility index (Phi) is 5.27. The summed E-state index contributed by atoms with van der Waals surface area (Å²) in [6, 6.07) is 11.5. The molecule has 5 nitrogen and oxygen atoms in total. The Balaban J connectivity index is 1.88. The zero-order valence-corrected chi connectivity index (χ0v) is 14.2. The van der Waals surface area contributed by atoms with Gasteiger partial charge in [-0.25, -0.2) is 4.79 Å². The Bertz CT molecular complexity index is 720. The van der Waals surface area contributed by atoms with Crippen molar-refractivity contribution in [1.82, 2.24) is 0 Å². The van der Waals surface area contributed by atoms with E-state index in [0.29, 0.717) is 23.6 Å². The van der Waals surface area contributed by atoms with Crippen LogP contribution in [-0.2, 0) is 14.3 Å². The van der Waals surface area contributed by atoms with Crippen LogP contribution in [0.25, 0.3) is 10.4 Å². The molecule has 0 spiro atoms. The third-order valence-corrected chi connectivity index (χ3v) is 4.84. The average molecular weight is 345 g/mol. The molecule has 3 rings (SSSR count). The monoisotopic (exact) mass is 345 g/mol. The fourth-order valence-corrected chi connectivity index (χ4v) is 3.62. The number of hydrogen-bond donors (Lipinski definition) is 1. The number of thiophene rings is 1. The first-order valence-corrected chi connectivity index (χ1v) is 8.79. The maximum Gasteiger partial charge on any atom is 0.341 e. The van der Waals surface area contributed by atoms with Crippen LogP contribution in [0.5, 0.6) is 0 Å². The third kappa shape index (κ3) is 3.66. The van der Waals surface area contributed by atoms with E-state index in [1.807, 2.05) is 30.3 Å². The van der Waals surface area contributed by atoms with Crippen LogP contribution in [-0.4, -0.2) is 31.2 Å². The summed E-state index contributed by atoms with van der Waals surface area (Å²) in [5.41, 5.74) is 1.37. The van der Waals surface area contributed by atoms with Gasteiger partial charge in [0.05, 0.1) is 12.2 Å². The van der Waals surface area contributed by atoms with E-state index >= 15 is 0 Å². The van der Waals surface area contributed by atoms with Gasteiger partial charge in [-0.15, -0.1) is 11.3 Å². The summed E-state index contributed by atoms with van der Waals surface area (Å²) in [6.45, 7) is 2.64. The van der Waals surface area contributed by atoms with Gasteiger partial charge in [-0.1, -0.05) is 30.3 Å². The van der Waals surface area contributed by atoms with Gasteiger partial charge in [0.1, 0.15) is 11.1 Å². The van der Waals surface area contributed by atoms with Crippen LogP contribution in [0.4, 0.5) is 5.00 Å². The van der Waals surface area contributed by atoms with E-state index in [4.69, 9.17) is 9.47 Å². The molecule has 0 unspecified atom stereocenters. The fourth-order valence-electron chi connectivity index (χ4n) is 2.57. The van der Waals surface area contributed by atoms with Crippen LogP contribution >= 0.6 is 11.3 Å². The predicted molar refractivity (Wildman–Crippen MR) is 93.3 cm³/mol. The lowest BCUT2D eigenvalue weighted by atomic mass is 10.1. The van der Waals surface area contributed by atoms with Crippen molar-refractivity contribution in [2.45, 2.75) is 25.9 Å². The predicted octanol–water partition coefficient (Wildman–Crippen LogP) is 3.71. The Morgan fingerprint density at radius 2 is 2.12 bits per heavy atom. The van der Waals surface area contributed by atoms with Crippen molar-refractivity contribution in [2.75, 3.05) is 18.5 Å². The largest absolute Gasteiger partial charge is 0.462 e. The highest BCUT2D eigenvalue weighted by atomic mass is 32.1. The van der Waals surface area contributed by atoms with Gasteiger partial charge in [0.15, 0.2) is 0 Å². The molecule has 0 aliphatic carbocycles. The molecule has 1 amide bonds. The molecule has 1 aliphatic rings. The summed E-state index contributed by atoms with van der Waals surface area (Å²) in [5.74, 6) is -0.641. The Morgan fingerprint density at radius 1 is 1.33 bits per heavy atom. The molecule has 0 radical (unpaired) electrons. The van der Waals surface area contributed by atoms with Crippen LogP contribution in [0.3, 0.4) is 0 Å². The Hall–Kier alpha value is -2.18. The number of hydrogen-bond acceptors (Lipinski definition) is 5. The zero-order valence-electron chi connectivity index (χ0n) is 13.4. The van der Waals surface area contributed by atoms with Crippen molar-refractivity contribution in [3.05, 3.63) is 42.0 Å². The number of amides is 1. The summed E-state index contributed by atoms with van der Waals surface area (Å²) in [7, 11) is 0. The number of rotatable bonds is 5. The lowest BCUT2D eigenvalue weighted by Crippen LogP contribution is -2.27. The number of nitrogens with one attached hydrogen (secondary N) is 1. The lowest BCUT2D eigenvalue weighted by Gasteiger charge is -2.10. The molecule has 2 heterocycles. The quantitative estimate of drug-likeness (QED) is 0.839. The van der Waals surface area contributed by atoms with Crippen molar-refractivity contribution in [1.29, 1.82) is 0 Å². The van der Waals surface area contributed by atoms with Crippen molar-refractivity contribution in [2.24, 2.45) is 0 Å². The molecule has 1 fully saturated rings. The maximum atomic E-state index is 12.3. The summed E-state index contributed by atoms with van der Waals surface area (Å²) in [6.07, 6.45) is 1.14. The minimum atomic E-state index is -0.442. The minimum absolute atomic E-state index is 0.209. The number of ether oxygens (including phenoxy) is 2. The zero-order chi connectivity index (χ0) is 16.9. The molecule has 0 bridgehead atoms. The van der Waals surface area contributed by atoms with Gasteiger partial charge < -0.3 is 14.8 Å². The lowest BCUT2D eigenvalue weighted by molar-refractivity contribution is -0.124. The minimum Gasteiger partial charge on any atom is -0.462 e. The summed E-state index contributed by atoms with van der Waals surface area (Å²) in [4.78, 5) is 25.4. The molecule has 1 atom stereocenters. The summed E-state index contributed by atoms with van der Waals surface area (Å²) in [5, 5.41) is 3.34. The first kappa shape index (κ1) is 16.7. The molecule has 1 saturated heterocycles. The van der Waals surface area contributed by atoms with E-state index < -0.39 is 12.1 Å². The Morgan fingerprint density at radius 3 is 2.79 bits per heavy atom. The first-order chi connectivity index (χ1) is 11.7. The number of esters is 1. The van der Waals surface area contributed by atoms with Crippen LogP contribution in [0.1, 0.15) is 30.1 Å². The number of carbonyl (C=O) groups excluding carboxylic acids is 2. The molecule has 0 saturated carbocycles. The van der Waals surface area contributed by atoms with Gasteiger partial charge in [0.25, 0.3) is 5.91 Å². The first-order valence-electron chi connectivity index (χ1n) is 7.98. The van der Waals surface area contributed by atoms with E-state index in [1.54, 1.807) is 13.0 Å². The fraction of sp³-hybridized carbons (Fsp3) is 0.333. The highest BCUT2D eigenvalue weighted by Gasteiger charge is 2.26. The van der Waals surface area contributed by atoms with Gasteiger partial charge >= 0.3 is 5.97 Å². The van der Waals surface area contributed by atoms with Crippen molar-refractivity contribution >= 4 is 28.2 Å². The molecule has 1 aromatic heterocycles. The summed E-state index contributed by atoms with van der Waals surface area (Å²) < 4.78 is 10.5.